The maximum atomic E-state index is 12.7. The van der Waals surface area contributed by atoms with E-state index in [0.29, 0.717) is 31.7 Å². The fraction of sp³-hybridized carbons (Fsp3) is 0.440. The number of aromatic nitrogens is 1. The summed E-state index contributed by atoms with van der Waals surface area (Å²) >= 11 is 0. The van der Waals surface area contributed by atoms with E-state index in [1.165, 1.54) is 16.3 Å². The van der Waals surface area contributed by atoms with Crippen molar-refractivity contribution in [3.8, 4) is 0 Å². The average Bonchev–Trinajstić information content (AvgIpc) is 3.30. The number of piperidine rings is 2. The number of hydrogen-bond acceptors (Lipinski definition) is 5. The molecule has 0 bridgehead atoms. The topological polar surface area (TPSA) is 69.8 Å². The van der Waals surface area contributed by atoms with Gasteiger partial charge in [0.2, 0.25) is 5.76 Å². The molecule has 162 valence electrons. The lowest BCUT2D eigenvalue weighted by Crippen LogP contribution is -2.39. The van der Waals surface area contributed by atoms with Crippen LogP contribution in [0.25, 0.3) is 10.8 Å². The van der Waals surface area contributed by atoms with Crippen molar-refractivity contribution < 1.29 is 14.4 Å². The lowest BCUT2D eigenvalue weighted by molar-refractivity contribution is 0.0512. The lowest BCUT2D eigenvalue weighted by Gasteiger charge is -2.32. The van der Waals surface area contributed by atoms with Gasteiger partial charge >= 0.3 is 0 Å². The van der Waals surface area contributed by atoms with Crippen molar-refractivity contribution in [3.05, 3.63) is 65.5 Å². The summed E-state index contributed by atoms with van der Waals surface area (Å²) in [5.74, 6) is 0.476. The molecule has 31 heavy (non-hydrogen) atoms. The van der Waals surface area contributed by atoms with Crippen LogP contribution in [-0.4, -0.2) is 58.3 Å². The normalized spacial score (nSPS) is 20.9. The second-order valence-electron chi connectivity index (χ2n) is 8.85. The summed E-state index contributed by atoms with van der Waals surface area (Å²) < 4.78 is 5.45. The van der Waals surface area contributed by atoms with Crippen molar-refractivity contribution in [1.29, 1.82) is 0 Å². The molecule has 5 rings (SSSR count). The highest BCUT2D eigenvalue weighted by molar-refractivity contribution is 5.91. The number of amides is 1. The van der Waals surface area contributed by atoms with E-state index in [1.807, 2.05) is 6.07 Å². The third-order valence-corrected chi connectivity index (χ3v) is 6.69. The van der Waals surface area contributed by atoms with E-state index in [2.05, 4.69) is 52.5 Å². The number of hydrogen-bond donors (Lipinski definition) is 1. The lowest BCUT2D eigenvalue weighted by atomic mass is 9.94. The molecule has 6 heteroatoms. The van der Waals surface area contributed by atoms with Crippen LogP contribution < -0.4 is 0 Å². The van der Waals surface area contributed by atoms with E-state index in [-0.39, 0.29) is 17.9 Å². The zero-order valence-corrected chi connectivity index (χ0v) is 17.7. The van der Waals surface area contributed by atoms with Crippen LogP contribution in [-0.2, 0) is 6.54 Å². The van der Waals surface area contributed by atoms with Crippen LogP contribution in [0.2, 0.25) is 0 Å². The Morgan fingerprint density at radius 2 is 1.87 bits per heavy atom. The number of benzene rings is 2. The average molecular weight is 420 g/mol. The van der Waals surface area contributed by atoms with E-state index >= 15 is 0 Å². The van der Waals surface area contributed by atoms with E-state index in [0.717, 1.165) is 38.2 Å². The Kier molecular flexibility index (Phi) is 5.74. The molecule has 0 aliphatic carbocycles. The van der Waals surface area contributed by atoms with E-state index < -0.39 is 0 Å². The highest BCUT2D eigenvalue weighted by atomic mass is 16.5. The number of carbonyl (C=O) groups is 1. The molecule has 2 aromatic carbocycles. The van der Waals surface area contributed by atoms with Crippen LogP contribution in [0.15, 0.2) is 53.1 Å². The van der Waals surface area contributed by atoms with Crippen LogP contribution >= 0.6 is 0 Å². The molecule has 2 fully saturated rings. The molecule has 1 unspecified atom stereocenters. The van der Waals surface area contributed by atoms with Gasteiger partial charge in [-0.25, -0.2) is 0 Å². The minimum absolute atomic E-state index is 0.117. The second-order valence-corrected chi connectivity index (χ2v) is 8.85. The van der Waals surface area contributed by atoms with Gasteiger partial charge in [-0.2, -0.15) is 0 Å². The zero-order valence-electron chi connectivity index (χ0n) is 17.7. The minimum Gasteiger partial charge on any atom is -0.393 e. The molecule has 3 aromatic rings. The van der Waals surface area contributed by atoms with Crippen LogP contribution in [0.5, 0.6) is 0 Å². The van der Waals surface area contributed by atoms with Crippen LogP contribution in [0.4, 0.5) is 0 Å². The van der Waals surface area contributed by atoms with Gasteiger partial charge in [-0.3, -0.25) is 9.69 Å². The van der Waals surface area contributed by atoms with Gasteiger partial charge in [-0.05, 0) is 48.6 Å². The molecule has 1 aromatic heterocycles. The van der Waals surface area contributed by atoms with Crippen molar-refractivity contribution in [1.82, 2.24) is 15.0 Å². The fourth-order valence-corrected chi connectivity index (χ4v) is 4.92. The Morgan fingerprint density at radius 3 is 2.74 bits per heavy atom. The van der Waals surface area contributed by atoms with Gasteiger partial charge in [0, 0.05) is 38.2 Å². The SMILES string of the molecule is O=C(c1cc(C2CCCN(Cc3cccc4ccccc34)C2)no1)N1CCC(O)CC1. The molecular weight excluding hydrogens is 390 g/mol. The Morgan fingerprint density at radius 1 is 1.06 bits per heavy atom. The molecule has 1 atom stereocenters. The third kappa shape index (κ3) is 4.36. The second kappa shape index (κ2) is 8.81. The quantitative estimate of drug-likeness (QED) is 0.697. The molecule has 1 amide bonds. The number of likely N-dealkylation sites (tertiary alicyclic amines) is 2. The van der Waals surface area contributed by atoms with Crippen molar-refractivity contribution in [2.45, 2.75) is 44.2 Å². The van der Waals surface area contributed by atoms with E-state index in [1.54, 1.807) is 4.90 Å². The van der Waals surface area contributed by atoms with Gasteiger partial charge in [0.1, 0.15) is 0 Å². The maximum Gasteiger partial charge on any atom is 0.292 e. The molecule has 2 saturated heterocycles. The summed E-state index contributed by atoms with van der Waals surface area (Å²) in [6, 6.07) is 16.9. The van der Waals surface area contributed by atoms with Gasteiger partial charge in [0.25, 0.3) is 5.91 Å². The molecule has 2 aliphatic rings. The van der Waals surface area contributed by atoms with Crippen LogP contribution in [0.1, 0.15) is 53.4 Å². The van der Waals surface area contributed by atoms with Crippen LogP contribution in [0, 0.1) is 0 Å². The van der Waals surface area contributed by atoms with Gasteiger partial charge in [-0.1, -0.05) is 47.6 Å². The standard InChI is InChI=1S/C25H29N3O3/c29-21-10-13-28(14-11-21)25(30)24-15-23(26-31-24)20-8-4-12-27(17-20)16-19-7-3-6-18-5-1-2-9-22(18)19/h1-3,5-7,9,15,20-21,29H,4,8,10-14,16-17H2. The number of rotatable bonds is 4. The number of nitrogens with zero attached hydrogens (tertiary/aromatic N) is 3. The van der Waals surface area contributed by atoms with Crippen LogP contribution in [0.3, 0.4) is 0 Å². The zero-order chi connectivity index (χ0) is 21.2. The third-order valence-electron chi connectivity index (χ3n) is 6.69. The number of aliphatic hydroxyl groups is 1. The Bertz CT molecular complexity index is 1050. The molecule has 1 N–H and O–H groups in total. The monoisotopic (exact) mass is 419 g/mol. The summed E-state index contributed by atoms with van der Waals surface area (Å²) in [6.07, 6.45) is 3.11. The van der Waals surface area contributed by atoms with Crippen molar-refractivity contribution in [3.63, 3.8) is 0 Å². The fourth-order valence-electron chi connectivity index (χ4n) is 4.92. The largest absolute Gasteiger partial charge is 0.393 e. The van der Waals surface area contributed by atoms with Crippen molar-refractivity contribution in [2.24, 2.45) is 0 Å². The number of aliphatic hydroxyl groups excluding tert-OH is 1. The van der Waals surface area contributed by atoms with E-state index in [4.69, 9.17) is 4.52 Å². The minimum atomic E-state index is -0.302. The Hall–Kier alpha value is -2.70. The van der Waals surface area contributed by atoms with E-state index in [9.17, 15) is 9.90 Å². The first-order chi connectivity index (χ1) is 15.2. The Balaban J connectivity index is 1.26. The van der Waals surface area contributed by atoms with Crippen molar-refractivity contribution in [2.75, 3.05) is 26.2 Å². The first kappa shape index (κ1) is 20.2. The highest BCUT2D eigenvalue weighted by Gasteiger charge is 2.28. The summed E-state index contributed by atoms with van der Waals surface area (Å²) in [5, 5.41) is 16.5. The molecule has 2 aliphatic heterocycles. The first-order valence-electron chi connectivity index (χ1n) is 11.3. The summed E-state index contributed by atoms with van der Waals surface area (Å²) in [7, 11) is 0. The Labute approximate surface area is 182 Å². The first-order valence-corrected chi connectivity index (χ1v) is 11.3. The van der Waals surface area contributed by atoms with Gasteiger partial charge in [0.15, 0.2) is 0 Å². The van der Waals surface area contributed by atoms with Gasteiger partial charge < -0.3 is 14.5 Å². The summed E-state index contributed by atoms with van der Waals surface area (Å²) in [5.41, 5.74) is 2.23. The van der Waals surface area contributed by atoms with Gasteiger partial charge in [0.05, 0.1) is 11.8 Å². The van der Waals surface area contributed by atoms with Crippen molar-refractivity contribution >= 4 is 16.7 Å². The molecular formula is C25H29N3O3. The predicted octanol–water partition coefficient (Wildman–Crippen LogP) is 3.80. The summed E-state index contributed by atoms with van der Waals surface area (Å²) in [4.78, 5) is 17.0. The molecule has 0 spiro atoms. The highest BCUT2D eigenvalue weighted by Crippen LogP contribution is 2.29. The molecule has 0 radical (unpaired) electrons. The predicted molar refractivity (Wildman–Crippen MR) is 119 cm³/mol. The molecule has 0 saturated carbocycles. The smallest absolute Gasteiger partial charge is 0.292 e. The summed E-state index contributed by atoms with van der Waals surface area (Å²) in [6.45, 7) is 4.03. The molecule has 3 heterocycles. The maximum absolute atomic E-state index is 12.7. The number of carbonyl (C=O) groups excluding carboxylic acids is 1. The number of fused-ring (bicyclic) bond motifs is 1. The molecule has 6 nitrogen and oxygen atoms in total. The van der Waals surface area contributed by atoms with Gasteiger partial charge in [-0.15, -0.1) is 0 Å².